The van der Waals surface area contributed by atoms with Gasteiger partial charge in [-0.25, -0.2) is 4.79 Å². The fourth-order valence-electron chi connectivity index (χ4n) is 2.31. The normalized spacial score (nSPS) is 15.2. The van der Waals surface area contributed by atoms with Gasteiger partial charge in [0.1, 0.15) is 5.82 Å². The predicted molar refractivity (Wildman–Crippen MR) is 68.9 cm³/mol. The smallest absolute Gasteiger partial charge is 0.310 e. The summed E-state index contributed by atoms with van der Waals surface area (Å²) in [4.78, 5) is 12.4. The van der Waals surface area contributed by atoms with Crippen LogP contribution in [0.1, 0.15) is 17.8 Å². The third kappa shape index (κ3) is 1.76. The van der Waals surface area contributed by atoms with E-state index in [4.69, 9.17) is 0 Å². The van der Waals surface area contributed by atoms with Gasteiger partial charge >= 0.3 is 5.69 Å². The maximum Gasteiger partial charge on any atom is 0.350 e. The quantitative estimate of drug-likeness (QED) is 0.808. The number of aryl methyl sites for hydroxylation is 1. The standard InChI is InChI=1S/C13H16N4O/c1-10-5-2-3-6-11(10)17-13(18)16-8-4-7-14-9-12(16)15-17/h2-3,5-6,14H,4,7-9H2,1H3. The molecule has 0 saturated heterocycles. The summed E-state index contributed by atoms with van der Waals surface area (Å²) in [5.74, 6) is 0.820. The Morgan fingerprint density at radius 3 is 3.00 bits per heavy atom. The first-order valence-electron chi connectivity index (χ1n) is 6.23. The van der Waals surface area contributed by atoms with Gasteiger partial charge in [0.05, 0.1) is 12.2 Å². The van der Waals surface area contributed by atoms with Crippen LogP contribution in [0.2, 0.25) is 0 Å². The number of rotatable bonds is 1. The molecular weight excluding hydrogens is 228 g/mol. The minimum Gasteiger partial charge on any atom is -0.310 e. The molecular formula is C13H16N4O. The fraction of sp³-hybridized carbons (Fsp3) is 0.385. The molecule has 5 heteroatoms. The molecule has 1 aromatic carbocycles. The van der Waals surface area contributed by atoms with Gasteiger partial charge < -0.3 is 5.32 Å². The van der Waals surface area contributed by atoms with Gasteiger partial charge in [0.25, 0.3) is 0 Å². The number of nitrogens with one attached hydrogen (secondary N) is 1. The molecule has 2 heterocycles. The van der Waals surface area contributed by atoms with Gasteiger partial charge in [-0.3, -0.25) is 4.57 Å². The molecule has 0 aliphatic carbocycles. The van der Waals surface area contributed by atoms with Gasteiger partial charge in [0.2, 0.25) is 0 Å². The van der Waals surface area contributed by atoms with E-state index >= 15 is 0 Å². The van der Waals surface area contributed by atoms with Crippen LogP contribution in [0.5, 0.6) is 0 Å². The van der Waals surface area contributed by atoms with Gasteiger partial charge in [-0.2, -0.15) is 4.68 Å². The summed E-state index contributed by atoms with van der Waals surface area (Å²) in [5, 5.41) is 7.72. The molecule has 1 aromatic heterocycles. The summed E-state index contributed by atoms with van der Waals surface area (Å²) in [7, 11) is 0. The minimum absolute atomic E-state index is 0.0389. The summed E-state index contributed by atoms with van der Waals surface area (Å²) in [5.41, 5.74) is 1.88. The van der Waals surface area contributed by atoms with E-state index in [0.717, 1.165) is 36.6 Å². The van der Waals surface area contributed by atoms with Crippen LogP contribution in [-0.2, 0) is 13.1 Å². The molecule has 3 rings (SSSR count). The van der Waals surface area contributed by atoms with Crippen molar-refractivity contribution >= 4 is 0 Å². The van der Waals surface area contributed by atoms with Crippen molar-refractivity contribution in [2.24, 2.45) is 0 Å². The second-order valence-corrected chi connectivity index (χ2v) is 4.58. The van der Waals surface area contributed by atoms with Crippen LogP contribution in [0.15, 0.2) is 29.1 Å². The van der Waals surface area contributed by atoms with Crippen LogP contribution < -0.4 is 11.0 Å². The minimum atomic E-state index is -0.0389. The number of para-hydroxylation sites is 1. The van der Waals surface area contributed by atoms with Crippen LogP contribution >= 0.6 is 0 Å². The molecule has 2 aromatic rings. The Labute approximate surface area is 105 Å². The van der Waals surface area contributed by atoms with Crippen molar-refractivity contribution in [3.63, 3.8) is 0 Å². The highest BCUT2D eigenvalue weighted by atomic mass is 16.2. The van der Waals surface area contributed by atoms with E-state index in [0.29, 0.717) is 6.54 Å². The first kappa shape index (κ1) is 11.2. The highest BCUT2D eigenvalue weighted by Gasteiger charge is 2.16. The summed E-state index contributed by atoms with van der Waals surface area (Å²) in [6.45, 7) is 4.33. The van der Waals surface area contributed by atoms with Gasteiger partial charge in [-0.15, -0.1) is 5.10 Å². The maximum absolute atomic E-state index is 12.4. The molecule has 0 bridgehead atoms. The largest absolute Gasteiger partial charge is 0.350 e. The predicted octanol–water partition coefficient (Wildman–Crippen LogP) is 0.836. The fourth-order valence-corrected chi connectivity index (χ4v) is 2.31. The van der Waals surface area contributed by atoms with E-state index in [9.17, 15) is 4.79 Å². The van der Waals surface area contributed by atoms with Gasteiger partial charge in [0.15, 0.2) is 0 Å². The molecule has 5 nitrogen and oxygen atoms in total. The van der Waals surface area contributed by atoms with Gasteiger partial charge in [-0.1, -0.05) is 18.2 Å². The Hall–Kier alpha value is -1.88. The molecule has 0 unspecified atom stereocenters. The van der Waals surface area contributed by atoms with Crippen LogP contribution in [0.3, 0.4) is 0 Å². The number of fused-ring (bicyclic) bond motifs is 1. The third-order valence-corrected chi connectivity index (χ3v) is 3.30. The summed E-state index contributed by atoms with van der Waals surface area (Å²) < 4.78 is 3.28. The molecule has 1 aliphatic heterocycles. The Bertz CT molecular complexity index is 626. The van der Waals surface area contributed by atoms with E-state index in [-0.39, 0.29) is 5.69 Å². The summed E-state index contributed by atoms with van der Waals surface area (Å²) in [6.07, 6.45) is 0.965. The van der Waals surface area contributed by atoms with Crippen molar-refractivity contribution in [1.29, 1.82) is 0 Å². The molecule has 18 heavy (non-hydrogen) atoms. The van der Waals surface area contributed by atoms with Crippen molar-refractivity contribution in [3.05, 3.63) is 46.1 Å². The molecule has 1 aliphatic rings. The molecule has 0 fully saturated rings. The Morgan fingerprint density at radius 1 is 1.33 bits per heavy atom. The van der Waals surface area contributed by atoms with E-state index in [1.54, 1.807) is 4.57 Å². The molecule has 0 atom stereocenters. The lowest BCUT2D eigenvalue weighted by Crippen LogP contribution is -2.24. The van der Waals surface area contributed by atoms with Gasteiger partial charge in [-0.05, 0) is 31.5 Å². The Kier molecular flexibility index (Phi) is 2.76. The average Bonchev–Trinajstić information content (AvgIpc) is 2.56. The Morgan fingerprint density at radius 2 is 2.17 bits per heavy atom. The van der Waals surface area contributed by atoms with Crippen LogP contribution in [0.4, 0.5) is 0 Å². The molecule has 0 radical (unpaired) electrons. The van der Waals surface area contributed by atoms with Crippen molar-refractivity contribution in [3.8, 4) is 5.69 Å². The van der Waals surface area contributed by atoms with Crippen molar-refractivity contribution < 1.29 is 0 Å². The Balaban J connectivity index is 2.15. The zero-order chi connectivity index (χ0) is 12.5. The number of nitrogens with zero attached hydrogens (tertiary/aromatic N) is 3. The second kappa shape index (κ2) is 4.42. The molecule has 1 N–H and O–H groups in total. The number of hydrogen-bond acceptors (Lipinski definition) is 3. The first-order valence-corrected chi connectivity index (χ1v) is 6.23. The molecule has 94 valence electrons. The van der Waals surface area contributed by atoms with Crippen molar-refractivity contribution in [1.82, 2.24) is 19.7 Å². The van der Waals surface area contributed by atoms with Crippen LogP contribution in [-0.4, -0.2) is 20.9 Å². The van der Waals surface area contributed by atoms with Crippen molar-refractivity contribution in [2.75, 3.05) is 6.54 Å². The van der Waals surface area contributed by atoms with E-state index in [2.05, 4.69) is 10.4 Å². The molecule has 0 saturated carbocycles. The van der Waals surface area contributed by atoms with Crippen LogP contribution in [0, 0.1) is 6.92 Å². The monoisotopic (exact) mass is 244 g/mol. The lowest BCUT2D eigenvalue weighted by Gasteiger charge is -2.03. The topological polar surface area (TPSA) is 51.9 Å². The SMILES string of the molecule is Cc1ccccc1-n1nc2n(c1=O)CCCNC2. The number of aromatic nitrogens is 3. The highest BCUT2D eigenvalue weighted by molar-refractivity contribution is 5.38. The zero-order valence-corrected chi connectivity index (χ0v) is 10.4. The van der Waals surface area contributed by atoms with E-state index in [1.165, 1.54) is 4.68 Å². The lowest BCUT2D eigenvalue weighted by atomic mass is 10.2. The third-order valence-electron chi connectivity index (χ3n) is 3.30. The molecule has 0 spiro atoms. The summed E-state index contributed by atoms with van der Waals surface area (Å²) >= 11 is 0. The first-order chi connectivity index (χ1) is 8.77. The number of benzene rings is 1. The number of hydrogen-bond donors (Lipinski definition) is 1. The zero-order valence-electron chi connectivity index (χ0n) is 10.4. The van der Waals surface area contributed by atoms with E-state index < -0.39 is 0 Å². The van der Waals surface area contributed by atoms with Gasteiger partial charge in [0, 0.05) is 6.54 Å². The van der Waals surface area contributed by atoms with E-state index in [1.807, 2.05) is 31.2 Å². The van der Waals surface area contributed by atoms with Crippen LogP contribution in [0.25, 0.3) is 5.69 Å². The molecule has 0 amide bonds. The lowest BCUT2D eigenvalue weighted by molar-refractivity contribution is 0.619. The van der Waals surface area contributed by atoms with Crippen molar-refractivity contribution in [2.45, 2.75) is 26.4 Å². The summed E-state index contributed by atoms with van der Waals surface area (Å²) in [6, 6.07) is 7.81. The second-order valence-electron chi connectivity index (χ2n) is 4.58. The maximum atomic E-state index is 12.4. The average molecular weight is 244 g/mol. The highest BCUT2D eigenvalue weighted by Crippen LogP contribution is 2.11.